The lowest BCUT2D eigenvalue weighted by Crippen LogP contribution is -2.30. The Hall–Kier alpha value is -1.59. The molecule has 0 aromatic rings. The maximum absolute atomic E-state index is 12.9. The van der Waals surface area contributed by atoms with Gasteiger partial charge in [0.25, 0.3) is 0 Å². The van der Waals surface area contributed by atoms with E-state index in [2.05, 4.69) is 41.5 Å². The summed E-state index contributed by atoms with van der Waals surface area (Å²) in [6.07, 6.45) is 53.6. The number of esters is 3. The van der Waals surface area contributed by atoms with Gasteiger partial charge in [-0.1, -0.05) is 292 Å². The van der Waals surface area contributed by atoms with Crippen molar-refractivity contribution in [2.45, 2.75) is 337 Å². The topological polar surface area (TPSA) is 78.9 Å². The van der Waals surface area contributed by atoms with Gasteiger partial charge in [0.15, 0.2) is 6.10 Å². The SMILES string of the molecule is CCC(C)CCCCCCCCCCCCCCCCC(=O)OC[C@H](COC(=O)CCCCCCCCCCC(C)CC)OC(=O)CCCCCCCCCCCCCCCCC(C)CC. The highest BCUT2D eigenvalue weighted by Gasteiger charge is 2.19. The Bertz CT molecular complexity index is 1030. The average molecular weight is 934 g/mol. The van der Waals surface area contributed by atoms with Gasteiger partial charge < -0.3 is 14.2 Å². The van der Waals surface area contributed by atoms with Gasteiger partial charge in [-0.3, -0.25) is 14.4 Å². The van der Waals surface area contributed by atoms with Crippen LogP contribution in [0, 0.1) is 17.8 Å². The van der Waals surface area contributed by atoms with Crippen LogP contribution in [0.2, 0.25) is 0 Å². The summed E-state index contributed by atoms with van der Waals surface area (Å²) < 4.78 is 16.9. The van der Waals surface area contributed by atoms with E-state index in [0.717, 1.165) is 75.5 Å². The van der Waals surface area contributed by atoms with Crippen molar-refractivity contribution in [2.75, 3.05) is 13.2 Å². The molecule has 0 saturated heterocycles. The minimum absolute atomic E-state index is 0.0637. The molecule has 0 aliphatic heterocycles. The minimum Gasteiger partial charge on any atom is -0.462 e. The van der Waals surface area contributed by atoms with Crippen LogP contribution in [0.25, 0.3) is 0 Å². The van der Waals surface area contributed by atoms with Crippen LogP contribution in [0.4, 0.5) is 0 Å². The minimum atomic E-state index is -0.764. The van der Waals surface area contributed by atoms with Gasteiger partial charge in [0.05, 0.1) is 0 Å². The molecular weight excluding hydrogens is 817 g/mol. The normalized spacial score (nSPS) is 13.4. The van der Waals surface area contributed by atoms with E-state index >= 15 is 0 Å². The Labute approximate surface area is 412 Å². The molecule has 0 fully saturated rings. The van der Waals surface area contributed by atoms with Crippen LogP contribution in [0.15, 0.2) is 0 Å². The molecule has 0 spiro atoms. The van der Waals surface area contributed by atoms with E-state index in [1.54, 1.807) is 0 Å². The molecule has 0 saturated carbocycles. The van der Waals surface area contributed by atoms with Gasteiger partial charge in [-0.05, 0) is 37.0 Å². The lowest BCUT2D eigenvalue weighted by Gasteiger charge is -2.18. The Morgan fingerprint density at radius 3 is 0.712 bits per heavy atom. The number of unbranched alkanes of at least 4 members (excludes halogenated alkanes) is 33. The summed E-state index contributed by atoms with van der Waals surface area (Å²) in [4.78, 5) is 38.2. The summed E-state index contributed by atoms with van der Waals surface area (Å²) in [5.41, 5.74) is 0. The predicted octanol–water partition coefficient (Wildman–Crippen LogP) is 19.5. The van der Waals surface area contributed by atoms with E-state index in [9.17, 15) is 14.4 Å². The van der Waals surface area contributed by atoms with E-state index in [1.807, 2.05) is 0 Å². The molecule has 0 rings (SSSR count). The number of carbonyl (C=O) groups excluding carboxylic acids is 3. The van der Waals surface area contributed by atoms with Gasteiger partial charge in [0, 0.05) is 19.3 Å². The van der Waals surface area contributed by atoms with Gasteiger partial charge in [-0.25, -0.2) is 0 Å². The van der Waals surface area contributed by atoms with E-state index in [1.165, 1.54) is 212 Å². The first-order valence-corrected chi connectivity index (χ1v) is 29.7. The molecule has 6 nitrogen and oxygen atoms in total. The second-order valence-electron chi connectivity index (χ2n) is 21.4. The zero-order chi connectivity index (χ0) is 48.4. The number of hydrogen-bond donors (Lipinski definition) is 0. The summed E-state index contributed by atoms with van der Waals surface area (Å²) in [5.74, 6) is 1.79. The summed E-state index contributed by atoms with van der Waals surface area (Å²) in [6.45, 7) is 13.8. The number of carbonyl (C=O) groups is 3. The summed E-state index contributed by atoms with van der Waals surface area (Å²) in [7, 11) is 0. The summed E-state index contributed by atoms with van der Waals surface area (Å²) >= 11 is 0. The largest absolute Gasteiger partial charge is 0.462 e. The Balaban J connectivity index is 4.29. The molecule has 0 amide bonds. The quantitative estimate of drug-likeness (QED) is 0.0343. The lowest BCUT2D eigenvalue weighted by molar-refractivity contribution is -0.167. The molecule has 0 aliphatic carbocycles. The molecule has 0 radical (unpaired) electrons. The third-order valence-electron chi connectivity index (χ3n) is 14.7. The zero-order valence-corrected chi connectivity index (χ0v) is 45.5. The lowest BCUT2D eigenvalue weighted by atomic mass is 9.99. The predicted molar refractivity (Wildman–Crippen MR) is 284 cm³/mol. The van der Waals surface area contributed by atoms with Crippen LogP contribution in [0.5, 0.6) is 0 Å². The first kappa shape index (κ1) is 64.4. The highest BCUT2D eigenvalue weighted by Crippen LogP contribution is 2.19. The molecule has 4 atom stereocenters. The van der Waals surface area contributed by atoms with Crippen molar-refractivity contribution in [2.24, 2.45) is 17.8 Å². The first-order chi connectivity index (χ1) is 32.2. The Kier molecular flexibility index (Phi) is 50.0. The van der Waals surface area contributed by atoms with Crippen molar-refractivity contribution in [3.05, 3.63) is 0 Å². The molecule has 0 bridgehead atoms. The molecule has 0 aromatic heterocycles. The molecule has 66 heavy (non-hydrogen) atoms. The van der Waals surface area contributed by atoms with Gasteiger partial charge >= 0.3 is 17.9 Å². The van der Waals surface area contributed by atoms with Crippen LogP contribution < -0.4 is 0 Å². The van der Waals surface area contributed by atoms with Crippen LogP contribution in [0.1, 0.15) is 330 Å². The third kappa shape index (κ3) is 48.9. The molecule has 0 heterocycles. The summed E-state index contributed by atoms with van der Waals surface area (Å²) in [5, 5.41) is 0. The highest BCUT2D eigenvalue weighted by atomic mass is 16.6. The Morgan fingerprint density at radius 2 is 0.485 bits per heavy atom. The molecule has 6 heteroatoms. The number of hydrogen-bond acceptors (Lipinski definition) is 6. The van der Waals surface area contributed by atoms with Crippen molar-refractivity contribution >= 4 is 17.9 Å². The monoisotopic (exact) mass is 933 g/mol. The van der Waals surface area contributed by atoms with Crippen molar-refractivity contribution in [3.63, 3.8) is 0 Å². The van der Waals surface area contributed by atoms with Crippen LogP contribution in [0.3, 0.4) is 0 Å². The number of rotatable bonds is 53. The van der Waals surface area contributed by atoms with Crippen LogP contribution >= 0.6 is 0 Å². The fourth-order valence-corrected chi connectivity index (χ4v) is 9.08. The summed E-state index contributed by atoms with van der Waals surface area (Å²) in [6, 6.07) is 0. The third-order valence-corrected chi connectivity index (χ3v) is 14.7. The zero-order valence-electron chi connectivity index (χ0n) is 45.5. The van der Waals surface area contributed by atoms with E-state index < -0.39 is 6.10 Å². The molecule has 0 N–H and O–H groups in total. The molecular formula is C60H116O6. The molecule has 392 valence electrons. The van der Waals surface area contributed by atoms with Crippen molar-refractivity contribution in [1.29, 1.82) is 0 Å². The fraction of sp³-hybridized carbons (Fsp3) is 0.950. The van der Waals surface area contributed by atoms with Gasteiger partial charge in [0.2, 0.25) is 0 Å². The van der Waals surface area contributed by atoms with Crippen LogP contribution in [-0.4, -0.2) is 37.2 Å². The van der Waals surface area contributed by atoms with Gasteiger partial charge in [-0.15, -0.1) is 0 Å². The molecule has 0 aromatic carbocycles. The number of ether oxygens (including phenoxy) is 3. The van der Waals surface area contributed by atoms with Gasteiger partial charge in [-0.2, -0.15) is 0 Å². The highest BCUT2D eigenvalue weighted by molar-refractivity contribution is 5.71. The average Bonchev–Trinajstić information content (AvgIpc) is 3.32. The van der Waals surface area contributed by atoms with E-state index in [-0.39, 0.29) is 31.1 Å². The fourth-order valence-electron chi connectivity index (χ4n) is 9.08. The van der Waals surface area contributed by atoms with Crippen molar-refractivity contribution < 1.29 is 28.6 Å². The maximum Gasteiger partial charge on any atom is 0.306 e. The second-order valence-corrected chi connectivity index (χ2v) is 21.4. The van der Waals surface area contributed by atoms with Crippen molar-refractivity contribution in [3.8, 4) is 0 Å². The van der Waals surface area contributed by atoms with E-state index in [4.69, 9.17) is 14.2 Å². The van der Waals surface area contributed by atoms with Crippen LogP contribution in [-0.2, 0) is 28.6 Å². The van der Waals surface area contributed by atoms with E-state index in [0.29, 0.717) is 19.3 Å². The molecule has 0 aliphatic rings. The van der Waals surface area contributed by atoms with Crippen molar-refractivity contribution in [1.82, 2.24) is 0 Å². The van der Waals surface area contributed by atoms with Gasteiger partial charge in [0.1, 0.15) is 13.2 Å². The smallest absolute Gasteiger partial charge is 0.306 e. The Morgan fingerprint density at radius 1 is 0.288 bits per heavy atom. The second kappa shape index (κ2) is 51.3. The standard InChI is InChI=1S/C60H116O6/c1-7-54(4)46-40-34-28-22-18-14-10-12-16-20-24-31-37-43-49-58(61)64-52-57(53-65-59(62)50-44-38-32-27-26-30-36-42-48-56(6)9-3)66-60(63)51-45-39-33-25-21-17-13-11-15-19-23-29-35-41-47-55(5)8-2/h54-57H,7-53H2,1-6H3/t54?,55?,56?,57-/m1/s1. The maximum atomic E-state index is 12.9. The molecule has 3 unspecified atom stereocenters. The first-order valence-electron chi connectivity index (χ1n) is 29.7.